The summed E-state index contributed by atoms with van der Waals surface area (Å²) in [5, 5.41) is 11.0. The predicted octanol–water partition coefficient (Wildman–Crippen LogP) is 2.95. The summed E-state index contributed by atoms with van der Waals surface area (Å²) in [6, 6.07) is 12.0. The van der Waals surface area contributed by atoms with Gasteiger partial charge in [-0.25, -0.2) is 12.8 Å². The zero-order valence-corrected chi connectivity index (χ0v) is 15.3. The fourth-order valence-electron chi connectivity index (χ4n) is 2.17. The number of hydrogen-bond donors (Lipinski definition) is 1. The largest absolute Gasteiger partial charge is 0.325 e. The number of amides is 1. The molecule has 0 spiro atoms. The van der Waals surface area contributed by atoms with Gasteiger partial charge in [0.2, 0.25) is 15.9 Å². The molecule has 2 rings (SSSR count). The molecule has 0 aliphatic rings. The smallest absolute Gasteiger partial charge is 0.245 e. The van der Waals surface area contributed by atoms with Gasteiger partial charge in [0.1, 0.15) is 12.4 Å². The molecule has 0 unspecified atom stereocenters. The molecule has 0 fully saturated rings. The second kappa shape index (κ2) is 8.17. The molecule has 0 heterocycles. The molecule has 0 aromatic heterocycles. The van der Waals surface area contributed by atoms with E-state index >= 15 is 0 Å². The van der Waals surface area contributed by atoms with Crippen LogP contribution >= 0.6 is 11.6 Å². The summed E-state index contributed by atoms with van der Waals surface area (Å²) < 4.78 is 38.2. The summed E-state index contributed by atoms with van der Waals surface area (Å²) >= 11 is 5.69. The average molecular weight is 396 g/mol. The van der Waals surface area contributed by atoms with Gasteiger partial charge in [-0.15, -0.1) is 0 Å². The van der Waals surface area contributed by atoms with Gasteiger partial charge in [0.15, 0.2) is 0 Å². The van der Waals surface area contributed by atoms with E-state index in [-0.39, 0.29) is 17.1 Å². The molecule has 9 heteroatoms. The van der Waals surface area contributed by atoms with Crippen molar-refractivity contribution in [2.75, 3.05) is 22.4 Å². The molecule has 1 amide bonds. The van der Waals surface area contributed by atoms with Crippen LogP contribution in [0, 0.1) is 17.1 Å². The highest BCUT2D eigenvalue weighted by atomic mass is 35.5. The van der Waals surface area contributed by atoms with E-state index in [0.29, 0.717) is 5.69 Å². The van der Waals surface area contributed by atoms with Gasteiger partial charge >= 0.3 is 0 Å². The van der Waals surface area contributed by atoms with Crippen LogP contribution in [-0.4, -0.2) is 27.1 Å². The molecule has 0 atom stereocenters. The maximum atomic E-state index is 13.3. The lowest BCUT2D eigenvalue weighted by atomic mass is 10.1. The number of anilines is 2. The topological polar surface area (TPSA) is 90.3 Å². The first-order valence-electron chi connectivity index (χ1n) is 7.39. The highest BCUT2D eigenvalue weighted by Crippen LogP contribution is 2.24. The van der Waals surface area contributed by atoms with E-state index in [1.807, 2.05) is 6.07 Å². The van der Waals surface area contributed by atoms with E-state index < -0.39 is 28.3 Å². The van der Waals surface area contributed by atoms with E-state index in [0.717, 1.165) is 28.3 Å². The summed E-state index contributed by atoms with van der Waals surface area (Å²) in [6.07, 6.45) is 1.19. The Hall–Kier alpha value is -2.63. The third kappa shape index (κ3) is 5.18. The minimum atomic E-state index is -3.79. The molecule has 136 valence electrons. The normalized spacial score (nSPS) is 10.8. The van der Waals surface area contributed by atoms with Crippen molar-refractivity contribution in [2.45, 2.75) is 6.42 Å². The summed E-state index contributed by atoms with van der Waals surface area (Å²) in [6.45, 7) is -0.499. The van der Waals surface area contributed by atoms with E-state index in [2.05, 4.69) is 5.32 Å². The first-order valence-corrected chi connectivity index (χ1v) is 9.62. The Morgan fingerprint density at radius 1 is 1.27 bits per heavy atom. The van der Waals surface area contributed by atoms with Crippen molar-refractivity contribution in [3.05, 3.63) is 58.9 Å². The van der Waals surface area contributed by atoms with Crippen molar-refractivity contribution in [1.82, 2.24) is 0 Å². The first-order chi connectivity index (χ1) is 12.2. The molecule has 0 aliphatic heterocycles. The summed E-state index contributed by atoms with van der Waals surface area (Å²) in [7, 11) is -3.79. The molecule has 0 bridgehead atoms. The molecule has 26 heavy (non-hydrogen) atoms. The number of nitriles is 1. The molecular weight excluding hydrogens is 381 g/mol. The van der Waals surface area contributed by atoms with Crippen LogP contribution in [0.3, 0.4) is 0 Å². The lowest BCUT2D eigenvalue weighted by Crippen LogP contribution is -2.37. The Morgan fingerprint density at radius 2 is 1.92 bits per heavy atom. The van der Waals surface area contributed by atoms with Crippen molar-refractivity contribution in [1.29, 1.82) is 5.26 Å². The second-order valence-corrected chi connectivity index (χ2v) is 7.76. The number of carbonyl (C=O) groups excluding carboxylic acids is 1. The number of carbonyl (C=O) groups is 1. The Kier molecular flexibility index (Phi) is 6.18. The van der Waals surface area contributed by atoms with E-state index in [9.17, 15) is 17.6 Å². The summed E-state index contributed by atoms with van der Waals surface area (Å²) in [5.74, 6) is -1.27. The second-order valence-electron chi connectivity index (χ2n) is 5.45. The maximum Gasteiger partial charge on any atom is 0.245 e. The van der Waals surface area contributed by atoms with Gasteiger partial charge < -0.3 is 5.32 Å². The molecule has 0 saturated carbocycles. The summed E-state index contributed by atoms with van der Waals surface area (Å²) in [4.78, 5) is 12.2. The highest BCUT2D eigenvalue weighted by molar-refractivity contribution is 7.92. The van der Waals surface area contributed by atoms with Gasteiger partial charge in [0.25, 0.3) is 0 Å². The predicted molar refractivity (Wildman–Crippen MR) is 98.0 cm³/mol. The fraction of sp³-hybridized carbons (Fsp3) is 0.176. The van der Waals surface area contributed by atoms with Crippen LogP contribution in [-0.2, 0) is 21.2 Å². The van der Waals surface area contributed by atoms with Crippen LogP contribution in [0.1, 0.15) is 5.56 Å². The molecule has 0 saturated heterocycles. The van der Waals surface area contributed by atoms with Gasteiger partial charge in [-0.3, -0.25) is 9.10 Å². The lowest BCUT2D eigenvalue weighted by Gasteiger charge is -2.22. The minimum Gasteiger partial charge on any atom is -0.325 e. The van der Waals surface area contributed by atoms with Crippen LogP contribution in [0.5, 0.6) is 0 Å². The lowest BCUT2D eigenvalue weighted by molar-refractivity contribution is -0.114. The standard InChI is InChI=1S/C17H15ClFN3O3S/c1-26(24,25)22(14-6-7-16(19)15(18)10-14)11-17(23)21-13-4-2-12(3-5-13)8-9-20/h2-7,10H,8,11H2,1H3,(H,21,23). The van der Waals surface area contributed by atoms with Crippen LogP contribution in [0.25, 0.3) is 0 Å². The molecule has 2 aromatic rings. The Balaban J connectivity index is 2.16. The minimum absolute atomic E-state index is 0.0819. The van der Waals surface area contributed by atoms with E-state index in [4.69, 9.17) is 16.9 Å². The van der Waals surface area contributed by atoms with Crippen molar-refractivity contribution >= 4 is 38.9 Å². The van der Waals surface area contributed by atoms with Gasteiger partial charge in [0, 0.05) is 5.69 Å². The number of hydrogen-bond acceptors (Lipinski definition) is 4. The molecule has 0 aliphatic carbocycles. The van der Waals surface area contributed by atoms with Crippen LogP contribution in [0.2, 0.25) is 5.02 Å². The first kappa shape index (κ1) is 19.7. The van der Waals surface area contributed by atoms with Crippen LogP contribution in [0.4, 0.5) is 15.8 Å². The number of nitrogens with zero attached hydrogens (tertiary/aromatic N) is 2. The van der Waals surface area contributed by atoms with Crippen molar-refractivity contribution in [3.63, 3.8) is 0 Å². The SMILES string of the molecule is CS(=O)(=O)N(CC(=O)Nc1ccc(CC#N)cc1)c1ccc(F)c(Cl)c1. The van der Waals surface area contributed by atoms with Crippen molar-refractivity contribution in [2.24, 2.45) is 0 Å². The molecule has 0 radical (unpaired) electrons. The van der Waals surface area contributed by atoms with Crippen LogP contribution < -0.4 is 9.62 Å². The fourth-order valence-corrected chi connectivity index (χ4v) is 3.19. The summed E-state index contributed by atoms with van der Waals surface area (Å²) in [5.41, 5.74) is 1.34. The zero-order chi connectivity index (χ0) is 19.3. The van der Waals surface area contributed by atoms with Gasteiger partial charge in [-0.05, 0) is 35.9 Å². The number of rotatable bonds is 6. The third-order valence-electron chi connectivity index (χ3n) is 3.40. The highest BCUT2D eigenvalue weighted by Gasteiger charge is 2.21. The molecule has 2 aromatic carbocycles. The Morgan fingerprint density at radius 3 is 2.46 bits per heavy atom. The number of halogens is 2. The van der Waals surface area contributed by atoms with E-state index in [1.54, 1.807) is 24.3 Å². The quantitative estimate of drug-likeness (QED) is 0.814. The van der Waals surface area contributed by atoms with Crippen molar-refractivity contribution in [3.8, 4) is 6.07 Å². The third-order valence-corrected chi connectivity index (χ3v) is 4.83. The molecule has 6 nitrogen and oxygen atoms in total. The van der Waals surface area contributed by atoms with Crippen molar-refractivity contribution < 1.29 is 17.6 Å². The van der Waals surface area contributed by atoms with E-state index in [1.165, 1.54) is 6.07 Å². The molecule has 1 N–H and O–H groups in total. The monoisotopic (exact) mass is 395 g/mol. The Bertz CT molecular complexity index is 956. The molecular formula is C17H15ClFN3O3S. The average Bonchev–Trinajstić information content (AvgIpc) is 2.56. The van der Waals surface area contributed by atoms with Gasteiger partial charge in [-0.2, -0.15) is 5.26 Å². The Labute approximate surface area is 155 Å². The maximum absolute atomic E-state index is 13.3. The number of benzene rings is 2. The number of nitrogens with one attached hydrogen (secondary N) is 1. The van der Waals surface area contributed by atoms with Gasteiger partial charge in [-0.1, -0.05) is 23.7 Å². The van der Waals surface area contributed by atoms with Crippen LogP contribution in [0.15, 0.2) is 42.5 Å². The zero-order valence-electron chi connectivity index (χ0n) is 13.7. The van der Waals surface area contributed by atoms with Gasteiger partial charge in [0.05, 0.1) is 29.5 Å². The number of sulfonamides is 1.